The summed E-state index contributed by atoms with van der Waals surface area (Å²) < 4.78 is 26.0. The average Bonchev–Trinajstić information content (AvgIpc) is 2.78. The molecular weight excluding hydrogens is 250 g/mol. The fraction of sp³-hybridized carbons (Fsp3) is 0.333. The van der Waals surface area contributed by atoms with Crippen molar-refractivity contribution in [1.82, 2.24) is 9.97 Å². The smallest absolute Gasteiger partial charge is 0.413 e. The SMILES string of the molecule is [2H]C([2H])([2H])CCSc1ccc2nc(NC(=O)OC)[nH]c2c1. The molecule has 0 bridgehead atoms. The summed E-state index contributed by atoms with van der Waals surface area (Å²) in [5, 5.41) is 2.45. The van der Waals surface area contributed by atoms with Crippen LogP contribution in [0.15, 0.2) is 23.1 Å². The minimum atomic E-state index is -1.90. The summed E-state index contributed by atoms with van der Waals surface area (Å²) in [5.74, 6) is 0.824. The number of carbonyl (C=O) groups is 1. The summed E-state index contributed by atoms with van der Waals surface area (Å²) in [5.41, 5.74) is 1.47. The maximum absolute atomic E-state index is 11.1. The summed E-state index contributed by atoms with van der Waals surface area (Å²) in [4.78, 5) is 19.2. The highest BCUT2D eigenvalue weighted by Gasteiger charge is 2.07. The Morgan fingerprint density at radius 2 is 2.56 bits per heavy atom. The molecule has 1 aromatic carbocycles. The molecule has 0 saturated heterocycles. The lowest BCUT2D eigenvalue weighted by Crippen LogP contribution is -2.11. The molecule has 1 heterocycles. The third-order valence-electron chi connectivity index (χ3n) is 2.23. The Morgan fingerprint density at radius 3 is 3.33 bits per heavy atom. The number of fused-ring (bicyclic) bond motifs is 1. The highest BCUT2D eigenvalue weighted by molar-refractivity contribution is 7.99. The zero-order valence-electron chi connectivity index (χ0n) is 12.8. The van der Waals surface area contributed by atoms with E-state index in [0.717, 1.165) is 10.4 Å². The van der Waals surface area contributed by atoms with Gasteiger partial charge in [-0.15, -0.1) is 11.8 Å². The number of rotatable bonds is 4. The lowest BCUT2D eigenvalue weighted by Gasteiger charge is -1.98. The van der Waals surface area contributed by atoms with Gasteiger partial charge in [-0.3, -0.25) is 5.32 Å². The summed E-state index contributed by atoms with van der Waals surface area (Å²) in [6.07, 6.45) is -0.435. The monoisotopic (exact) mass is 268 g/mol. The number of ether oxygens (including phenoxy) is 1. The maximum Gasteiger partial charge on any atom is 0.413 e. The van der Waals surface area contributed by atoms with Gasteiger partial charge >= 0.3 is 6.09 Å². The molecule has 0 fully saturated rings. The molecule has 0 saturated carbocycles. The molecule has 2 aromatic rings. The molecule has 0 aliphatic heterocycles. The predicted molar refractivity (Wildman–Crippen MR) is 73.1 cm³/mol. The molecule has 1 amide bonds. The van der Waals surface area contributed by atoms with Gasteiger partial charge in [-0.25, -0.2) is 9.78 Å². The van der Waals surface area contributed by atoms with E-state index < -0.39 is 12.9 Å². The Bertz CT molecular complexity index is 642. The molecule has 0 atom stereocenters. The van der Waals surface area contributed by atoms with Gasteiger partial charge in [-0.1, -0.05) is 6.85 Å². The molecular formula is C12H15N3O2S. The zero-order chi connectivity index (χ0) is 15.5. The predicted octanol–water partition coefficient (Wildman–Crippen LogP) is 3.24. The van der Waals surface area contributed by atoms with Crippen LogP contribution in [0.2, 0.25) is 0 Å². The first-order chi connectivity index (χ1) is 9.87. The summed E-state index contributed by atoms with van der Waals surface area (Å²) in [6, 6.07) is 5.55. The van der Waals surface area contributed by atoms with Gasteiger partial charge < -0.3 is 9.72 Å². The molecule has 96 valence electrons. The summed E-state index contributed by atoms with van der Waals surface area (Å²) in [6.45, 7) is -1.90. The van der Waals surface area contributed by atoms with Crippen molar-refractivity contribution in [1.29, 1.82) is 0 Å². The van der Waals surface area contributed by atoms with E-state index in [1.165, 1.54) is 18.9 Å². The quantitative estimate of drug-likeness (QED) is 0.835. The van der Waals surface area contributed by atoms with E-state index in [-0.39, 0.29) is 6.42 Å². The molecule has 2 N–H and O–H groups in total. The van der Waals surface area contributed by atoms with E-state index in [1.54, 1.807) is 0 Å². The van der Waals surface area contributed by atoms with Gasteiger partial charge in [0.1, 0.15) is 0 Å². The summed E-state index contributed by atoms with van der Waals surface area (Å²) >= 11 is 1.47. The lowest BCUT2D eigenvalue weighted by atomic mass is 10.3. The van der Waals surface area contributed by atoms with Crippen molar-refractivity contribution in [2.24, 2.45) is 0 Å². The number of H-pyrrole nitrogens is 1. The van der Waals surface area contributed by atoms with Crippen LogP contribution < -0.4 is 5.32 Å². The van der Waals surface area contributed by atoms with E-state index >= 15 is 0 Å². The second-order valence-electron chi connectivity index (χ2n) is 3.48. The highest BCUT2D eigenvalue weighted by atomic mass is 32.2. The molecule has 1 aromatic heterocycles. The first-order valence-corrected chi connectivity index (χ1v) is 6.33. The van der Waals surface area contributed by atoms with Gasteiger partial charge in [0.15, 0.2) is 0 Å². The van der Waals surface area contributed by atoms with Crippen LogP contribution in [-0.4, -0.2) is 28.9 Å². The van der Waals surface area contributed by atoms with E-state index in [0.29, 0.717) is 17.2 Å². The van der Waals surface area contributed by atoms with E-state index in [1.807, 2.05) is 18.2 Å². The number of aromatic nitrogens is 2. The standard InChI is InChI=1S/C12H15N3O2S/c1-3-6-18-8-4-5-9-10(7-8)14-11(13-9)15-12(16)17-2/h4-5,7H,3,6H2,1-2H3,(H2,13,14,15,16)/i1D3. The number of benzene rings is 1. The van der Waals surface area contributed by atoms with E-state index in [2.05, 4.69) is 20.0 Å². The minimum absolute atomic E-state index is 0.161. The summed E-state index contributed by atoms with van der Waals surface area (Å²) in [7, 11) is 1.28. The Balaban J connectivity index is 2.05. The number of hydrogen-bond donors (Lipinski definition) is 2. The van der Waals surface area contributed by atoms with Crippen LogP contribution in [-0.2, 0) is 4.74 Å². The average molecular weight is 268 g/mol. The first kappa shape index (κ1) is 9.27. The van der Waals surface area contributed by atoms with E-state index in [4.69, 9.17) is 4.11 Å². The lowest BCUT2D eigenvalue weighted by molar-refractivity contribution is 0.186. The number of nitrogens with zero attached hydrogens (tertiary/aromatic N) is 1. The minimum Gasteiger partial charge on any atom is -0.453 e. The van der Waals surface area contributed by atoms with Crippen molar-refractivity contribution < 1.29 is 13.6 Å². The van der Waals surface area contributed by atoms with Crippen molar-refractivity contribution >= 4 is 34.8 Å². The van der Waals surface area contributed by atoms with Crippen LogP contribution in [0, 0.1) is 0 Å². The van der Waals surface area contributed by atoms with Crippen LogP contribution >= 0.6 is 11.8 Å². The molecule has 2 rings (SSSR count). The molecule has 0 aliphatic rings. The number of imidazole rings is 1. The van der Waals surface area contributed by atoms with Gasteiger partial charge in [-0.05, 0) is 30.4 Å². The number of hydrogen-bond acceptors (Lipinski definition) is 4. The fourth-order valence-corrected chi connectivity index (χ4v) is 2.16. The molecule has 0 aliphatic carbocycles. The molecule has 5 nitrogen and oxygen atoms in total. The van der Waals surface area contributed by atoms with Crippen molar-refractivity contribution in [3.63, 3.8) is 0 Å². The second-order valence-corrected chi connectivity index (χ2v) is 4.65. The number of anilines is 1. The zero-order valence-corrected chi connectivity index (χ0v) is 10.6. The molecule has 0 unspecified atom stereocenters. The van der Waals surface area contributed by atoms with Crippen LogP contribution in [0.25, 0.3) is 11.0 Å². The second kappa shape index (κ2) is 5.77. The van der Waals surface area contributed by atoms with Crippen molar-refractivity contribution in [2.75, 3.05) is 18.2 Å². The van der Waals surface area contributed by atoms with Crippen LogP contribution in [0.5, 0.6) is 0 Å². The van der Waals surface area contributed by atoms with Gasteiger partial charge in [0.2, 0.25) is 5.95 Å². The van der Waals surface area contributed by atoms with Gasteiger partial charge in [0.25, 0.3) is 0 Å². The number of methoxy groups -OCH3 is 1. The van der Waals surface area contributed by atoms with Crippen molar-refractivity contribution in [2.45, 2.75) is 18.2 Å². The van der Waals surface area contributed by atoms with Crippen LogP contribution in [0.3, 0.4) is 0 Å². The van der Waals surface area contributed by atoms with Crippen molar-refractivity contribution in [3.05, 3.63) is 18.2 Å². The van der Waals surface area contributed by atoms with Crippen molar-refractivity contribution in [3.8, 4) is 0 Å². The van der Waals surface area contributed by atoms with E-state index in [9.17, 15) is 4.79 Å². The number of amides is 1. The Hall–Kier alpha value is -1.69. The fourth-order valence-electron chi connectivity index (χ4n) is 1.45. The normalized spacial score (nSPS) is 13.7. The number of nitrogens with one attached hydrogen (secondary N) is 2. The topological polar surface area (TPSA) is 67.0 Å². The van der Waals surface area contributed by atoms with Gasteiger partial charge in [-0.2, -0.15) is 0 Å². The Kier molecular flexibility index (Phi) is 2.97. The van der Waals surface area contributed by atoms with Gasteiger partial charge in [0.05, 0.1) is 18.1 Å². The Labute approximate surface area is 114 Å². The highest BCUT2D eigenvalue weighted by Crippen LogP contribution is 2.23. The molecule has 0 spiro atoms. The third-order valence-corrected chi connectivity index (χ3v) is 3.23. The Morgan fingerprint density at radius 1 is 1.67 bits per heavy atom. The third kappa shape index (κ3) is 2.95. The number of thioether (sulfide) groups is 1. The molecule has 6 heteroatoms. The largest absolute Gasteiger partial charge is 0.453 e. The number of carbonyl (C=O) groups excluding carboxylic acids is 1. The van der Waals surface area contributed by atoms with Crippen LogP contribution in [0.4, 0.5) is 10.7 Å². The number of aromatic amines is 1. The maximum atomic E-state index is 11.1. The molecule has 0 radical (unpaired) electrons. The van der Waals surface area contributed by atoms with Gasteiger partial charge in [0, 0.05) is 9.01 Å². The van der Waals surface area contributed by atoms with Crippen LogP contribution in [0.1, 0.15) is 17.4 Å². The molecule has 18 heavy (non-hydrogen) atoms. The first-order valence-electron chi connectivity index (χ1n) is 6.85.